The number of carbonyl (C=O) groups is 3. The van der Waals surface area contributed by atoms with Crippen LogP contribution in [0.15, 0.2) is 78.9 Å². The summed E-state index contributed by atoms with van der Waals surface area (Å²) in [5, 5.41) is 9.05. The molecule has 1 spiro atoms. The van der Waals surface area contributed by atoms with E-state index >= 15 is 0 Å². The number of nitrogens with zero attached hydrogens (tertiary/aromatic N) is 4. The molecule has 8 nitrogen and oxygen atoms in total. The normalized spacial score (nSPS) is 27.4. The van der Waals surface area contributed by atoms with Crippen molar-refractivity contribution in [2.24, 2.45) is 11.8 Å². The average Bonchev–Trinajstić information content (AvgIpc) is 3.37. The summed E-state index contributed by atoms with van der Waals surface area (Å²) in [5.41, 5.74) is 2.73. The molecule has 0 saturated carbocycles. The Balaban J connectivity index is 1.36. The third-order valence-corrected chi connectivity index (χ3v) is 11.6. The maximum Gasteiger partial charge on any atom is 0.251 e. The molecule has 9 heteroatoms. The number of para-hydroxylation sites is 1. The Hall–Kier alpha value is -3.56. The first-order valence-corrected chi connectivity index (χ1v) is 17.3. The monoisotopic (exact) mass is 628 g/mol. The van der Waals surface area contributed by atoms with Crippen molar-refractivity contribution in [1.82, 2.24) is 4.90 Å². The van der Waals surface area contributed by atoms with Crippen LogP contribution >= 0.6 is 11.8 Å². The first-order valence-electron chi connectivity index (χ1n) is 16.4. The third kappa shape index (κ3) is 5.58. The minimum atomic E-state index is -0.843. The summed E-state index contributed by atoms with van der Waals surface area (Å²) >= 11 is 1.62. The van der Waals surface area contributed by atoms with E-state index in [-0.39, 0.29) is 29.6 Å². The lowest BCUT2D eigenvalue weighted by Crippen LogP contribution is -2.53. The van der Waals surface area contributed by atoms with Crippen LogP contribution in [-0.2, 0) is 14.4 Å². The van der Waals surface area contributed by atoms with Crippen LogP contribution in [-0.4, -0.2) is 83.1 Å². The number of likely N-dealkylation sites (tertiary alicyclic amines) is 1. The van der Waals surface area contributed by atoms with E-state index in [1.54, 1.807) is 26.5 Å². The van der Waals surface area contributed by atoms with Gasteiger partial charge in [0.05, 0.1) is 16.6 Å². The number of fused-ring (bicyclic) bond motifs is 2. The van der Waals surface area contributed by atoms with Crippen LogP contribution in [0.2, 0.25) is 0 Å². The number of amides is 3. The summed E-state index contributed by atoms with van der Waals surface area (Å²) < 4.78 is -0.843. The van der Waals surface area contributed by atoms with Crippen molar-refractivity contribution >= 4 is 46.5 Å². The molecule has 4 heterocycles. The molecule has 2 fully saturated rings. The average molecular weight is 629 g/mol. The first kappa shape index (κ1) is 31.4. The van der Waals surface area contributed by atoms with Crippen molar-refractivity contribution in [2.75, 3.05) is 54.0 Å². The van der Waals surface area contributed by atoms with Crippen LogP contribution in [0.3, 0.4) is 0 Å². The van der Waals surface area contributed by atoms with Crippen molar-refractivity contribution in [3.8, 4) is 0 Å². The Morgan fingerprint density at radius 3 is 2.20 bits per heavy atom. The molecule has 238 valence electrons. The second-order valence-corrected chi connectivity index (χ2v) is 13.8. The van der Waals surface area contributed by atoms with Gasteiger partial charge in [-0.1, -0.05) is 55.3 Å². The zero-order chi connectivity index (χ0) is 31.6. The number of thioether (sulfide) groups is 1. The third-order valence-electron chi connectivity index (χ3n) is 9.82. The molecular weight excluding hydrogens is 584 g/mol. The molecule has 1 N–H and O–H groups in total. The lowest BCUT2D eigenvalue weighted by Gasteiger charge is -2.35. The number of hydrogen-bond donors (Lipinski definition) is 1. The molecule has 5 atom stereocenters. The summed E-state index contributed by atoms with van der Waals surface area (Å²) in [6, 6.07) is 17.0. The minimum Gasteiger partial charge on any atom is -0.396 e. The maximum atomic E-state index is 14.7. The second kappa shape index (κ2) is 13.4. The summed E-state index contributed by atoms with van der Waals surface area (Å²) in [7, 11) is 0. The summed E-state index contributed by atoms with van der Waals surface area (Å²) in [6.07, 6.45) is 11.4. The number of anilines is 3. The number of aliphatic hydroxyl groups is 1. The number of carbonyl (C=O) groups excluding carboxylic acids is 3. The van der Waals surface area contributed by atoms with Crippen molar-refractivity contribution < 1.29 is 19.5 Å². The van der Waals surface area contributed by atoms with Gasteiger partial charge in [-0.2, -0.15) is 0 Å². The van der Waals surface area contributed by atoms with Gasteiger partial charge in [0.2, 0.25) is 11.8 Å². The van der Waals surface area contributed by atoms with E-state index in [4.69, 9.17) is 0 Å². The van der Waals surface area contributed by atoms with Crippen LogP contribution in [0.5, 0.6) is 0 Å². The molecule has 0 aliphatic carbocycles. The van der Waals surface area contributed by atoms with Crippen molar-refractivity contribution in [1.29, 1.82) is 0 Å². The van der Waals surface area contributed by atoms with E-state index in [1.807, 2.05) is 54.6 Å². The quantitative estimate of drug-likeness (QED) is 0.282. The van der Waals surface area contributed by atoms with Crippen molar-refractivity contribution in [3.63, 3.8) is 0 Å². The molecule has 4 aliphatic heterocycles. The molecule has 2 aromatic rings. The fraction of sp³-hybridized carbons (Fsp3) is 0.472. The standard InChI is InChI=1S/C36H44N4O4S/c1-3-37(4-2)26-17-19-28(20-18-26)39-24-13-21-36-31(34(43)40(32(36)35(39)44)22-10-5-6-11-25-41)30-29(45-36)16-12-23-38(33(30)42)27-14-8-7-9-15-27/h7-9,12-21,29-32,41H,3-6,10-11,22-25H2,1-2H3/t29-,30+,31+,32?,36+/m1/s1. The van der Waals surface area contributed by atoms with Gasteiger partial charge in [0.15, 0.2) is 0 Å². The number of rotatable bonds is 11. The van der Waals surface area contributed by atoms with E-state index in [2.05, 4.69) is 43.0 Å². The zero-order valence-corrected chi connectivity index (χ0v) is 27.1. The SMILES string of the molecule is CCN(CC)c1ccc(N2CC=C[C@]34S[C@@H]5C=CCN(c6ccccc6)C(=O)[C@@H]5[C@H]3C(=O)N(CCCCCCO)C4C2=O)cc1. The van der Waals surface area contributed by atoms with Gasteiger partial charge < -0.3 is 24.7 Å². The molecule has 0 bridgehead atoms. The predicted molar refractivity (Wildman–Crippen MR) is 182 cm³/mol. The van der Waals surface area contributed by atoms with Crippen molar-refractivity contribution in [3.05, 3.63) is 78.9 Å². The lowest BCUT2D eigenvalue weighted by molar-refractivity contribution is -0.138. The number of unbranched alkanes of at least 4 members (excludes halogenated alkanes) is 3. The molecule has 6 rings (SSSR count). The number of hydrogen-bond acceptors (Lipinski definition) is 6. The molecule has 4 aliphatic rings. The first-order chi connectivity index (χ1) is 21.9. The van der Waals surface area contributed by atoms with Gasteiger partial charge in [-0.3, -0.25) is 14.4 Å². The van der Waals surface area contributed by atoms with E-state index in [0.29, 0.717) is 19.6 Å². The Morgan fingerprint density at radius 2 is 1.49 bits per heavy atom. The second-order valence-electron chi connectivity index (χ2n) is 12.3. The highest BCUT2D eigenvalue weighted by Crippen LogP contribution is 2.61. The van der Waals surface area contributed by atoms with Gasteiger partial charge in [-0.05, 0) is 63.1 Å². The van der Waals surface area contributed by atoms with Crippen LogP contribution in [0, 0.1) is 11.8 Å². The topological polar surface area (TPSA) is 84.4 Å². The Bertz CT molecular complexity index is 1440. The summed E-state index contributed by atoms with van der Waals surface area (Å²) in [4.78, 5) is 51.3. The highest BCUT2D eigenvalue weighted by atomic mass is 32.2. The fourth-order valence-electron chi connectivity index (χ4n) is 7.63. The van der Waals surface area contributed by atoms with Gasteiger partial charge >= 0.3 is 0 Å². The Morgan fingerprint density at radius 1 is 0.822 bits per heavy atom. The minimum absolute atomic E-state index is 0.0589. The fourth-order valence-corrected chi connectivity index (χ4v) is 9.64. The van der Waals surface area contributed by atoms with Gasteiger partial charge in [-0.15, -0.1) is 11.8 Å². The van der Waals surface area contributed by atoms with Crippen LogP contribution < -0.4 is 14.7 Å². The highest BCUT2D eigenvalue weighted by Gasteiger charge is 2.71. The largest absolute Gasteiger partial charge is 0.396 e. The van der Waals surface area contributed by atoms with Crippen molar-refractivity contribution in [2.45, 2.75) is 55.6 Å². The van der Waals surface area contributed by atoms with Gasteiger partial charge in [0.25, 0.3) is 5.91 Å². The van der Waals surface area contributed by atoms with Crippen LogP contribution in [0.1, 0.15) is 39.5 Å². The van der Waals surface area contributed by atoms with E-state index < -0.39 is 22.6 Å². The zero-order valence-electron chi connectivity index (χ0n) is 26.3. The van der Waals surface area contributed by atoms with Gasteiger partial charge in [0, 0.05) is 61.6 Å². The van der Waals surface area contributed by atoms with E-state index in [0.717, 1.165) is 55.8 Å². The highest BCUT2D eigenvalue weighted by molar-refractivity contribution is 8.02. The Labute approximate surface area is 270 Å². The number of aliphatic hydroxyl groups excluding tert-OH is 1. The molecule has 3 amide bonds. The maximum absolute atomic E-state index is 14.7. The van der Waals surface area contributed by atoms with Crippen LogP contribution in [0.25, 0.3) is 0 Å². The molecule has 0 aromatic heterocycles. The summed E-state index contributed by atoms with van der Waals surface area (Å²) in [6.45, 7) is 7.51. The number of benzene rings is 2. The predicted octanol–water partition coefficient (Wildman–Crippen LogP) is 4.89. The Kier molecular flexibility index (Phi) is 9.38. The molecular formula is C36H44N4O4S. The van der Waals surface area contributed by atoms with Gasteiger partial charge in [-0.25, -0.2) is 0 Å². The molecule has 45 heavy (non-hydrogen) atoms. The molecule has 0 radical (unpaired) electrons. The molecule has 1 unspecified atom stereocenters. The smallest absolute Gasteiger partial charge is 0.251 e. The van der Waals surface area contributed by atoms with E-state index in [1.165, 1.54) is 0 Å². The molecule has 2 saturated heterocycles. The van der Waals surface area contributed by atoms with Crippen LogP contribution in [0.4, 0.5) is 17.1 Å². The molecule has 2 aromatic carbocycles. The van der Waals surface area contributed by atoms with Gasteiger partial charge in [0.1, 0.15) is 6.04 Å². The van der Waals surface area contributed by atoms with E-state index in [9.17, 15) is 19.5 Å². The lowest BCUT2D eigenvalue weighted by atomic mass is 9.78. The summed E-state index contributed by atoms with van der Waals surface area (Å²) in [5.74, 6) is -1.46.